The second-order valence-corrected chi connectivity index (χ2v) is 6.61. The number of hydrogen-bond acceptors (Lipinski definition) is 5. The largest absolute Gasteiger partial charge is 0.486 e. The standard InChI is InChI=1S/C20H23NO5/c1-12(2)21-13(3)9-16(14(21)4)17(22)11-26-20(23)15-5-6-18-19(10-15)25-8-7-24-18/h5-6,9-10,12H,7-8,11H2,1-4H3. The van der Waals surface area contributed by atoms with Gasteiger partial charge in [0.05, 0.1) is 5.56 Å². The van der Waals surface area contributed by atoms with Crippen molar-refractivity contribution in [2.45, 2.75) is 33.7 Å². The van der Waals surface area contributed by atoms with Crippen LogP contribution in [0.2, 0.25) is 0 Å². The van der Waals surface area contributed by atoms with Crippen LogP contribution >= 0.6 is 0 Å². The molecule has 2 aromatic rings. The van der Waals surface area contributed by atoms with Crippen molar-refractivity contribution in [3.8, 4) is 11.5 Å². The molecule has 6 nitrogen and oxygen atoms in total. The van der Waals surface area contributed by atoms with Crippen LogP contribution in [-0.2, 0) is 4.74 Å². The highest BCUT2D eigenvalue weighted by Gasteiger charge is 2.20. The molecule has 0 spiro atoms. The number of esters is 1. The van der Waals surface area contributed by atoms with Crippen LogP contribution in [0.4, 0.5) is 0 Å². The number of rotatable bonds is 5. The third-order valence-electron chi connectivity index (χ3n) is 4.41. The maximum atomic E-state index is 12.5. The fraction of sp³-hybridized carbons (Fsp3) is 0.400. The smallest absolute Gasteiger partial charge is 0.338 e. The molecule has 0 radical (unpaired) electrons. The van der Waals surface area contributed by atoms with E-state index in [0.29, 0.717) is 35.8 Å². The zero-order valence-corrected chi connectivity index (χ0v) is 15.5. The summed E-state index contributed by atoms with van der Waals surface area (Å²) in [4.78, 5) is 24.7. The third kappa shape index (κ3) is 3.45. The molecule has 0 aliphatic carbocycles. The number of aromatic nitrogens is 1. The van der Waals surface area contributed by atoms with Gasteiger partial charge in [-0.2, -0.15) is 0 Å². The molecule has 0 atom stereocenters. The van der Waals surface area contributed by atoms with Gasteiger partial charge in [0.1, 0.15) is 13.2 Å². The van der Waals surface area contributed by atoms with E-state index in [2.05, 4.69) is 18.4 Å². The van der Waals surface area contributed by atoms with Gasteiger partial charge >= 0.3 is 5.97 Å². The van der Waals surface area contributed by atoms with Gasteiger partial charge in [-0.25, -0.2) is 4.79 Å². The van der Waals surface area contributed by atoms with Crippen LogP contribution in [0, 0.1) is 13.8 Å². The van der Waals surface area contributed by atoms with Gasteiger partial charge in [0.25, 0.3) is 0 Å². The molecular weight excluding hydrogens is 334 g/mol. The maximum Gasteiger partial charge on any atom is 0.338 e. The van der Waals surface area contributed by atoms with Crippen molar-refractivity contribution < 1.29 is 23.8 Å². The Balaban J connectivity index is 1.68. The second kappa shape index (κ2) is 7.23. The number of ketones is 1. The van der Waals surface area contributed by atoms with E-state index < -0.39 is 5.97 Å². The molecule has 6 heteroatoms. The first kappa shape index (κ1) is 18.0. The average molecular weight is 357 g/mol. The lowest BCUT2D eigenvalue weighted by molar-refractivity contribution is 0.0473. The van der Waals surface area contributed by atoms with Gasteiger partial charge in [0.2, 0.25) is 5.78 Å². The molecule has 0 saturated carbocycles. The number of ether oxygens (including phenoxy) is 3. The molecule has 0 fully saturated rings. The molecule has 1 aliphatic rings. The van der Waals surface area contributed by atoms with Gasteiger partial charge < -0.3 is 18.8 Å². The van der Waals surface area contributed by atoms with Crippen LogP contribution in [0.1, 0.15) is 52.0 Å². The fourth-order valence-corrected chi connectivity index (χ4v) is 3.32. The molecule has 0 saturated heterocycles. The average Bonchev–Trinajstić information content (AvgIpc) is 2.93. The van der Waals surface area contributed by atoms with Crippen LogP contribution in [0.15, 0.2) is 24.3 Å². The predicted octanol–water partition coefficient (Wildman–Crippen LogP) is 3.50. The van der Waals surface area contributed by atoms with Crippen LogP contribution in [0.25, 0.3) is 0 Å². The third-order valence-corrected chi connectivity index (χ3v) is 4.41. The number of benzene rings is 1. The van der Waals surface area contributed by atoms with Crippen molar-refractivity contribution in [1.82, 2.24) is 4.57 Å². The van der Waals surface area contributed by atoms with Crippen LogP contribution in [0.5, 0.6) is 11.5 Å². The van der Waals surface area contributed by atoms with E-state index in [9.17, 15) is 9.59 Å². The van der Waals surface area contributed by atoms with Gasteiger partial charge in [-0.15, -0.1) is 0 Å². The summed E-state index contributed by atoms with van der Waals surface area (Å²) in [5.41, 5.74) is 2.82. The molecule has 138 valence electrons. The van der Waals surface area contributed by atoms with E-state index in [0.717, 1.165) is 11.4 Å². The lowest BCUT2D eigenvalue weighted by atomic mass is 10.1. The first-order valence-corrected chi connectivity index (χ1v) is 8.67. The van der Waals surface area contributed by atoms with Crippen molar-refractivity contribution in [2.24, 2.45) is 0 Å². The summed E-state index contributed by atoms with van der Waals surface area (Å²) in [5, 5.41) is 0. The van der Waals surface area contributed by atoms with Gasteiger partial charge in [-0.3, -0.25) is 4.79 Å². The minimum atomic E-state index is -0.562. The number of hydrogen-bond donors (Lipinski definition) is 0. The van der Waals surface area contributed by atoms with Gasteiger partial charge in [0.15, 0.2) is 18.1 Å². The SMILES string of the molecule is Cc1cc(C(=O)COC(=O)c2ccc3c(c2)OCCO3)c(C)n1C(C)C. The summed E-state index contributed by atoms with van der Waals surface area (Å²) in [5.74, 6) is 0.339. The van der Waals surface area contributed by atoms with Crippen LogP contribution in [-0.4, -0.2) is 36.1 Å². The zero-order chi connectivity index (χ0) is 18.8. The molecule has 0 bridgehead atoms. The Labute approximate surface area is 152 Å². The highest BCUT2D eigenvalue weighted by atomic mass is 16.6. The predicted molar refractivity (Wildman–Crippen MR) is 96.3 cm³/mol. The Morgan fingerprint density at radius 2 is 1.81 bits per heavy atom. The Morgan fingerprint density at radius 3 is 2.46 bits per heavy atom. The number of fused-ring (bicyclic) bond motifs is 1. The molecule has 0 unspecified atom stereocenters. The normalized spacial score (nSPS) is 13.0. The first-order valence-electron chi connectivity index (χ1n) is 8.67. The van der Waals surface area contributed by atoms with E-state index in [1.54, 1.807) is 18.2 Å². The topological polar surface area (TPSA) is 66.8 Å². The second-order valence-electron chi connectivity index (χ2n) is 6.61. The minimum Gasteiger partial charge on any atom is -0.486 e. The number of carbonyl (C=O) groups is 2. The maximum absolute atomic E-state index is 12.5. The zero-order valence-electron chi connectivity index (χ0n) is 15.5. The number of carbonyl (C=O) groups excluding carboxylic acids is 2. The first-order chi connectivity index (χ1) is 12.4. The Morgan fingerprint density at radius 1 is 1.12 bits per heavy atom. The van der Waals surface area contributed by atoms with Crippen molar-refractivity contribution >= 4 is 11.8 Å². The molecule has 0 amide bonds. The molecule has 2 heterocycles. The monoisotopic (exact) mass is 357 g/mol. The summed E-state index contributed by atoms with van der Waals surface area (Å²) in [6, 6.07) is 6.95. The van der Waals surface area contributed by atoms with Crippen molar-refractivity contribution in [2.75, 3.05) is 19.8 Å². The molecule has 3 rings (SSSR count). The summed E-state index contributed by atoms with van der Waals surface area (Å²) in [6.07, 6.45) is 0. The summed E-state index contributed by atoms with van der Waals surface area (Å²) in [7, 11) is 0. The van der Waals surface area contributed by atoms with Gasteiger partial charge in [0, 0.05) is 23.0 Å². The lowest BCUT2D eigenvalue weighted by Crippen LogP contribution is -2.17. The summed E-state index contributed by atoms with van der Waals surface area (Å²) < 4.78 is 18.2. The van der Waals surface area contributed by atoms with E-state index in [1.165, 1.54) is 0 Å². The van der Waals surface area contributed by atoms with Crippen molar-refractivity contribution in [3.63, 3.8) is 0 Å². The quantitative estimate of drug-likeness (QED) is 0.605. The molecule has 1 aromatic heterocycles. The molecule has 26 heavy (non-hydrogen) atoms. The number of aryl methyl sites for hydroxylation is 1. The van der Waals surface area contributed by atoms with E-state index in [4.69, 9.17) is 14.2 Å². The summed E-state index contributed by atoms with van der Waals surface area (Å²) in [6.45, 7) is 8.63. The molecule has 1 aromatic carbocycles. The highest BCUT2D eigenvalue weighted by Crippen LogP contribution is 2.31. The van der Waals surface area contributed by atoms with Crippen molar-refractivity contribution in [3.05, 3.63) is 46.8 Å². The van der Waals surface area contributed by atoms with Gasteiger partial charge in [-0.05, 0) is 52.0 Å². The number of nitrogens with zero attached hydrogens (tertiary/aromatic N) is 1. The number of Topliss-reactive ketones (excluding diaryl/α,β-unsaturated/α-hetero) is 1. The van der Waals surface area contributed by atoms with Crippen LogP contribution in [0.3, 0.4) is 0 Å². The van der Waals surface area contributed by atoms with Crippen LogP contribution < -0.4 is 9.47 Å². The van der Waals surface area contributed by atoms with E-state index in [1.807, 2.05) is 19.9 Å². The molecule has 0 N–H and O–H groups in total. The minimum absolute atomic E-state index is 0.212. The van der Waals surface area contributed by atoms with Crippen molar-refractivity contribution in [1.29, 1.82) is 0 Å². The van der Waals surface area contributed by atoms with Gasteiger partial charge in [-0.1, -0.05) is 0 Å². The molecular formula is C20H23NO5. The lowest BCUT2D eigenvalue weighted by Gasteiger charge is -2.18. The Bertz CT molecular complexity index is 850. The summed E-state index contributed by atoms with van der Waals surface area (Å²) >= 11 is 0. The Hall–Kier alpha value is -2.76. The fourth-order valence-electron chi connectivity index (χ4n) is 3.32. The van der Waals surface area contributed by atoms with E-state index in [-0.39, 0.29) is 18.4 Å². The van der Waals surface area contributed by atoms with E-state index >= 15 is 0 Å². The highest BCUT2D eigenvalue weighted by molar-refractivity contribution is 6.00. The Kier molecular flexibility index (Phi) is 5.02. The molecule has 1 aliphatic heterocycles.